The molecule has 0 saturated carbocycles. The van der Waals surface area contributed by atoms with Gasteiger partial charge in [-0.2, -0.15) is 9.97 Å². The van der Waals surface area contributed by atoms with E-state index in [9.17, 15) is 9.90 Å². The van der Waals surface area contributed by atoms with Crippen molar-refractivity contribution < 1.29 is 9.90 Å². The maximum Gasteiger partial charge on any atom is 0.253 e. The van der Waals surface area contributed by atoms with Gasteiger partial charge in [-0.3, -0.25) is 4.79 Å². The number of nitrogens with zero attached hydrogens (tertiary/aromatic N) is 3. The summed E-state index contributed by atoms with van der Waals surface area (Å²) in [5.41, 5.74) is 7.14. The highest BCUT2D eigenvalue weighted by molar-refractivity contribution is 7.98. The van der Waals surface area contributed by atoms with Gasteiger partial charge in [0, 0.05) is 11.3 Å². The van der Waals surface area contributed by atoms with Crippen LogP contribution in [0.25, 0.3) is 0 Å². The number of amides is 1. The molecule has 10 heteroatoms. The van der Waals surface area contributed by atoms with Gasteiger partial charge >= 0.3 is 0 Å². The third-order valence-electron chi connectivity index (χ3n) is 3.76. The Morgan fingerprint density at radius 3 is 2.34 bits per heavy atom. The molecule has 1 unspecified atom stereocenters. The highest BCUT2D eigenvalue weighted by atomic mass is 35.5. The van der Waals surface area contributed by atoms with E-state index in [1.807, 2.05) is 30.3 Å². The summed E-state index contributed by atoms with van der Waals surface area (Å²) >= 11 is 13.7. The number of aliphatic hydroxyl groups excluding tert-OH is 1. The van der Waals surface area contributed by atoms with Crippen molar-refractivity contribution >= 4 is 46.8 Å². The fourth-order valence-electron chi connectivity index (χ4n) is 2.34. The first-order valence-electron chi connectivity index (χ1n) is 8.47. The second kappa shape index (κ2) is 9.41. The van der Waals surface area contributed by atoms with Gasteiger partial charge in [-0.25, -0.2) is 4.98 Å². The van der Waals surface area contributed by atoms with Crippen molar-refractivity contribution in [2.24, 2.45) is 0 Å². The maximum absolute atomic E-state index is 12.3. The van der Waals surface area contributed by atoms with Crippen molar-refractivity contribution in [1.29, 1.82) is 0 Å². The zero-order chi connectivity index (χ0) is 20.9. The van der Waals surface area contributed by atoms with E-state index in [1.54, 1.807) is 30.3 Å². The largest absolute Gasteiger partial charge is 0.380 e. The van der Waals surface area contributed by atoms with Gasteiger partial charge in [0.1, 0.15) is 0 Å². The molecule has 2 aromatic carbocycles. The molecule has 4 N–H and O–H groups in total. The second-order valence-corrected chi connectivity index (χ2v) is 8.28. The summed E-state index contributed by atoms with van der Waals surface area (Å²) in [5.74, 6) is -0.206. The number of carbonyl (C=O) groups excluding carboxylic acids is 1. The summed E-state index contributed by atoms with van der Waals surface area (Å²) in [6.45, 7) is 0. The molecule has 0 saturated heterocycles. The quantitative estimate of drug-likeness (QED) is 0.287. The SMILES string of the molecule is Nc1nc(SCc2ccccc2)nc(C(O)C(Cl)(Cl)NC(=O)c2ccccc2)n1. The minimum absolute atomic E-state index is 0.0943. The summed E-state index contributed by atoms with van der Waals surface area (Å²) < 4.78 is -2.08. The molecule has 1 amide bonds. The molecule has 7 nitrogen and oxygen atoms in total. The van der Waals surface area contributed by atoms with Crippen LogP contribution in [0.3, 0.4) is 0 Å². The molecule has 3 aromatic rings. The molecule has 1 heterocycles. The minimum atomic E-state index is -2.08. The number of nitrogen functional groups attached to an aromatic ring is 1. The Kier molecular flexibility index (Phi) is 6.92. The molecule has 0 aliphatic rings. The molecular formula is C19H17Cl2N5O2S. The Bertz CT molecular complexity index is 977. The lowest BCUT2D eigenvalue weighted by atomic mass is 10.2. The van der Waals surface area contributed by atoms with E-state index >= 15 is 0 Å². The second-order valence-electron chi connectivity index (χ2n) is 5.95. The number of benzene rings is 2. The lowest BCUT2D eigenvalue weighted by molar-refractivity contribution is 0.0854. The van der Waals surface area contributed by atoms with Crippen molar-refractivity contribution in [2.75, 3.05) is 5.73 Å². The van der Waals surface area contributed by atoms with Crippen LogP contribution in [0.5, 0.6) is 0 Å². The summed E-state index contributed by atoms with van der Waals surface area (Å²) in [5, 5.41) is 13.2. The van der Waals surface area contributed by atoms with Crippen molar-refractivity contribution in [3.63, 3.8) is 0 Å². The molecule has 0 fully saturated rings. The topological polar surface area (TPSA) is 114 Å². The van der Waals surface area contributed by atoms with Crippen LogP contribution >= 0.6 is 35.0 Å². The van der Waals surface area contributed by atoms with E-state index in [0.717, 1.165) is 5.56 Å². The molecule has 150 valence electrons. The van der Waals surface area contributed by atoms with Crippen LogP contribution < -0.4 is 11.1 Å². The fraction of sp³-hybridized carbons (Fsp3) is 0.158. The number of rotatable bonds is 7. The fourth-order valence-corrected chi connectivity index (χ4v) is 3.51. The van der Waals surface area contributed by atoms with Gasteiger partial charge in [-0.05, 0) is 17.7 Å². The molecule has 0 bridgehead atoms. The van der Waals surface area contributed by atoms with Crippen LogP contribution in [0.4, 0.5) is 5.95 Å². The lowest BCUT2D eigenvalue weighted by Gasteiger charge is -2.26. The molecular weight excluding hydrogens is 433 g/mol. The molecule has 0 spiro atoms. The molecule has 1 atom stereocenters. The Labute approximate surface area is 181 Å². The van der Waals surface area contributed by atoms with Crippen molar-refractivity contribution in [1.82, 2.24) is 20.3 Å². The van der Waals surface area contributed by atoms with Crippen molar-refractivity contribution in [3.8, 4) is 0 Å². The number of hydrogen-bond donors (Lipinski definition) is 3. The van der Waals surface area contributed by atoms with E-state index in [2.05, 4.69) is 20.3 Å². The van der Waals surface area contributed by atoms with Gasteiger partial charge < -0.3 is 16.2 Å². The van der Waals surface area contributed by atoms with Crippen LogP contribution in [0.2, 0.25) is 0 Å². The number of aliphatic hydroxyl groups is 1. The molecule has 0 aliphatic heterocycles. The monoisotopic (exact) mass is 449 g/mol. The number of hydrogen-bond acceptors (Lipinski definition) is 7. The standard InChI is InChI=1S/C19H17Cl2N5O2S/c20-19(21,26-16(28)13-9-5-2-6-10-13)14(27)15-23-17(22)25-18(24-15)29-11-12-7-3-1-4-8-12/h1-10,14,27H,11H2,(H,26,28)(H2,22,23,24,25). The third kappa shape index (κ3) is 5.80. The minimum Gasteiger partial charge on any atom is -0.380 e. The Morgan fingerprint density at radius 1 is 1.07 bits per heavy atom. The predicted octanol–water partition coefficient (Wildman–Crippen LogP) is 3.34. The van der Waals surface area contributed by atoms with Gasteiger partial charge in [0.05, 0.1) is 0 Å². The predicted molar refractivity (Wildman–Crippen MR) is 114 cm³/mol. The van der Waals surface area contributed by atoms with Gasteiger partial charge in [0.25, 0.3) is 5.91 Å². The summed E-state index contributed by atoms with van der Waals surface area (Å²) in [6, 6.07) is 18.0. The van der Waals surface area contributed by atoms with Crippen LogP contribution in [-0.4, -0.2) is 30.4 Å². The first kappa shape index (κ1) is 21.3. The van der Waals surface area contributed by atoms with Gasteiger partial charge in [0.2, 0.25) is 10.4 Å². The molecule has 0 radical (unpaired) electrons. The van der Waals surface area contributed by atoms with Crippen LogP contribution in [0.1, 0.15) is 27.8 Å². The highest BCUT2D eigenvalue weighted by Crippen LogP contribution is 2.33. The van der Waals surface area contributed by atoms with E-state index in [1.165, 1.54) is 11.8 Å². The molecule has 3 rings (SSSR count). The maximum atomic E-state index is 12.3. The Morgan fingerprint density at radius 2 is 1.69 bits per heavy atom. The number of aromatic nitrogens is 3. The van der Waals surface area contributed by atoms with Gasteiger partial charge in [-0.15, -0.1) is 0 Å². The zero-order valence-corrected chi connectivity index (χ0v) is 17.3. The molecule has 1 aromatic heterocycles. The zero-order valence-electron chi connectivity index (χ0n) is 15.0. The number of carbonyl (C=O) groups is 1. The number of thioether (sulfide) groups is 1. The first-order valence-corrected chi connectivity index (χ1v) is 10.2. The molecule has 0 aliphatic carbocycles. The number of nitrogens with one attached hydrogen (secondary N) is 1. The van der Waals surface area contributed by atoms with E-state index in [-0.39, 0.29) is 11.8 Å². The number of halogens is 2. The van der Waals surface area contributed by atoms with Crippen molar-refractivity contribution in [2.45, 2.75) is 21.5 Å². The molecule has 29 heavy (non-hydrogen) atoms. The first-order chi connectivity index (χ1) is 13.8. The normalized spacial score (nSPS) is 12.4. The number of anilines is 1. The van der Waals surface area contributed by atoms with Gasteiger partial charge in [0.15, 0.2) is 17.1 Å². The van der Waals surface area contributed by atoms with E-state index < -0.39 is 16.5 Å². The summed E-state index contributed by atoms with van der Waals surface area (Å²) in [4.78, 5) is 24.5. The average Bonchev–Trinajstić information content (AvgIpc) is 2.72. The Hall–Kier alpha value is -2.39. The smallest absolute Gasteiger partial charge is 0.253 e. The number of nitrogens with two attached hydrogens (primary N) is 1. The Balaban J connectivity index is 1.74. The summed E-state index contributed by atoms with van der Waals surface area (Å²) in [6.07, 6.45) is -1.64. The lowest BCUT2D eigenvalue weighted by Crippen LogP contribution is -2.44. The average molecular weight is 450 g/mol. The third-order valence-corrected chi connectivity index (χ3v) is 5.29. The van der Waals surface area contributed by atoms with E-state index in [4.69, 9.17) is 28.9 Å². The van der Waals surface area contributed by atoms with Gasteiger partial charge in [-0.1, -0.05) is 83.5 Å². The van der Waals surface area contributed by atoms with E-state index in [0.29, 0.717) is 16.5 Å². The number of alkyl halides is 2. The van der Waals surface area contributed by atoms with Crippen LogP contribution in [0, 0.1) is 0 Å². The van der Waals surface area contributed by atoms with Crippen LogP contribution in [-0.2, 0) is 5.75 Å². The summed E-state index contributed by atoms with van der Waals surface area (Å²) in [7, 11) is 0. The van der Waals surface area contributed by atoms with Crippen molar-refractivity contribution in [3.05, 3.63) is 77.6 Å². The van der Waals surface area contributed by atoms with Crippen LogP contribution in [0.15, 0.2) is 65.8 Å². The highest BCUT2D eigenvalue weighted by Gasteiger charge is 2.39.